The van der Waals surface area contributed by atoms with Gasteiger partial charge in [0, 0.05) is 6.92 Å². The lowest BCUT2D eigenvalue weighted by atomic mass is 10.4. The average Bonchev–Trinajstić information content (AvgIpc) is 2.29. The minimum absolute atomic E-state index is 0.424. The fraction of sp³-hybridized carbons (Fsp3) is 0.500. The number of carboxylic acid groups (broad SMARTS) is 1. The number of aryl methyl sites for hydroxylation is 1. The molecule has 0 radical (unpaired) electrons. The third kappa shape index (κ3) is 1.34. The lowest BCUT2D eigenvalue weighted by Crippen LogP contribution is -2.39. The molecule has 0 aliphatic heterocycles. The summed E-state index contributed by atoms with van der Waals surface area (Å²) >= 11 is 1.34. The van der Waals surface area contributed by atoms with Crippen molar-refractivity contribution in [2.75, 3.05) is 0 Å². The lowest BCUT2D eigenvalue weighted by molar-refractivity contribution is -0.697. The summed E-state index contributed by atoms with van der Waals surface area (Å²) in [6.45, 7) is 6.56. The van der Waals surface area contributed by atoms with Gasteiger partial charge in [-0.1, -0.05) is 11.3 Å². The summed E-state index contributed by atoms with van der Waals surface area (Å²) in [5.41, 5.74) is 1.06. The smallest absolute Gasteiger partial charge is 0.412 e. The van der Waals surface area contributed by atoms with Crippen LogP contribution in [0.1, 0.15) is 27.3 Å². The molecular formula is C8H12NO2S+. The number of nitrogens with zero attached hydrogens (tertiary/aromatic N) is 1. The van der Waals surface area contributed by atoms with Crippen LogP contribution in [0, 0.1) is 13.8 Å². The summed E-state index contributed by atoms with van der Waals surface area (Å²) in [5.74, 6) is -0.835. The van der Waals surface area contributed by atoms with Crippen LogP contribution in [0.25, 0.3) is 0 Å². The van der Waals surface area contributed by atoms with E-state index in [0.717, 1.165) is 17.1 Å². The van der Waals surface area contributed by atoms with E-state index in [1.807, 2.05) is 25.3 Å². The summed E-state index contributed by atoms with van der Waals surface area (Å²) in [5, 5.41) is 9.25. The molecule has 0 bridgehead atoms. The van der Waals surface area contributed by atoms with E-state index in [4.69, 9.17) is 5.11 Å². The maximum atomic E-state index is 10.7. The number of rotatable bonds is 2. The van der Waals surface area contributed by atoms with Crippen LogP contribution in [-0.4, -0.2) is 11.1 Å². The molecule has 0 unspecified atom stereocenters. The van der Waals surface area contributed by atoms with Gasteiger partial charge in [-0.15, -0.1) is 0 Å². The summed E-state index contributed by atoms with van der Waals surface area (Å²) in [7, 11) is 0. The van der Waals surface area contributed by atoms with E-state index in [1.165, 1.54) is 11.3 Å². The zero-order chi connectivity index (χ0) is 9.30. The Morgan fingerprint density at radius 3 is 2.50 bits per heavy atom. The van der Waals surface area contributed by atoms with Gasteiger partial charge < -0.3 is 5.11 Å². The van der Waals surface area contributed by atoms with Crippen LogP contribution < -0.4 is 4.57 Å². The highest BCUT2D eigenvalue weighted by atomic mass is 32.1. The predicted molar refractivity (Wildman–Crippen MR) is 46.6 cm³/mol. The van der Waals surface area contributed by atoms with Gasteiger partial charge in [-0.2, -0.15) is 4.57 Å². The second kappa shape index (κ2) is 3.23. The van der Waals surface area contributed by atoms with Crippen molar-refractivity contribution in [2.24, 2.45) is 0 Å². The van der Waals surface area contributed by atoms with Crippen molar-refractivity contribution in [3.05, 3.63) is 15.6 Å². The molecule has 66 valence electrons. The molecule has 0 saturated heterocycles. The van der Waals surface area contributed by atoms with Gasteiger partial charge in [0.05, 0.1) is 4.88 Å². The third-order valence-corrected chi connectivity index (χ3v) is 3.10. The Bertz CT molecular complexity index is 317. The van der Waals surface area contributed by atoms with Gasteiger partial charge in [-0.3, -0.25) is 0 Å². The maximum Gasteiger partial charge on any atom is 0.412 e. The van der Waals surface area contributed by atoms with E-state index in [-0.39, 0.29) is 0 Å². The zero-order valence-corrected chi connectivity index (χ0v) is 8.23. The first kappa shape index (κ1) is 9.19. The van der Waals surface area contributed by atoms with Gasteiger partial charge in [0.1, 0.15) is 6.54 Å². The second-order valence-electron chi connectivity index (χ2n) is 2.60. The number of carbonyl (C=O) groups is 1. The molecule has 0 spiro atoms. The Hall–Kier alpha value is -0.900. The van der Waals surface area contributed by atoms with Crippen molar-refractivity contribution in [3.63, 3.8) is 0 Å². The molecule has 0 aliphatic carbocycles. The molecule has 1 aromatic rings. The summed E-state index contributed by atoms with van der Waals surface area (Å²) in [4.78, 5) is 11.8. The summed E-state index contributed by atoms with van der Waals surface area (Å²) in [6.07, 6.45) is 0. The SMILES string of the molecule is CC[n+]1c(C(=O)O)sc(C)c1C. The van der Waals surface area contributed by atoms with Crippen molar-refractivity contribution in [2.45, 2.75) is 27.3 Å². The monoisotopic (exact) mass is 186 g/mol. The van der Waals surface area contributed by atoms with Gasteiger partial charge in [-0.05, 0) is 13.8 Å². The highest BCUT2D eigenvalue weighted by molar-refractivity contribution is 7.13. The van der Waals surface area contributed by atoms with Crippen LogP contribution in [0.4, 0.5) is 0 Å². The van der Waals surface area contributed by atoms with Crippen molar-refractivity contribution in [1.82, 2.24) is 0 Å². The number of hydrogen-bond donors (Lipinski definition) is 1. The third-order valence-electron chi connectivity index (χ3n) is 1.91. The van der Waals surface area contributed by atoms with Crippen molar-refractivity contribution in [1.29, 1.82) is 0 Å². The number of carboxylic acids is 1. The van der Waals surface area contributed by atoms with Crippen LogP contribution >= 0.6 is 11.3 Å². The summed E-state index contributed by atoms with van der Waals surface area (Å²) < 4.78 is 1.82. The Morgan fingerprint density at radius 2 is 2.17 bits per heavy atom. The van der Waals surface area contributed by atoms with Crippen molar-refractivity contribution in [3.8, 4) is 0 Å². The van der Waals surface area contributed by atoms with Gasteiger partial charge in [-0.25, -0.2) is 4.79 Å². The number of aromatic carboxylic acids is 1. The molecule has 0 aliphatic rings. The number of hydrogen-bond acceptors (Lipinski definition) is 2. The standard InChI is InChI=1S/C8H11NO2S/c1-4-9-5(2)6(3)12-7(9)8(10)11/h4H2,1-3H3/p+1. The van der Waals surface area contributed by atoms with E-state index in [1.54, 1.807) is 0 Å². The van der Waals surface area contributed by atoms with E-state index >= 15 is 0 Å². The van der Waals surface area contributed by atoms with Gasteiger partial charge in [0.2, 0.25) is 0 Å². The quantitative estimate of drug-likeness (QED) is 0.709. The Balaban J connectivity index is 3.29. The molecule has 12 heavy (non-hydrogen) atoms. The lowest BCUT2D eigenvalue weighted by Gasteiger charge is -1.90. The van der Waals surface area contributed by atoms with E-state index in [9.17, 15) is 4.79 Å². The Labute approximate surface area is 75.3 Å². The number of thiazole rings is 1. The molecule has 0 aromatic carbocycles. The molecule has 0 atom stereocenters. The normalized spacial score (nSPS) is 10.2. The molecule has 1 aromatic heterocycles. The van der Waals surface area contributed by atoms with Crippen molar-refractivity contribution >= 4 is 17.3 Å². The highest BCUT2D eigenvalue weighted by Crippen LogP contribution is 2.14. The predicted octanol–water partition coefficient (Wildman–Crippen LogP) is 1.37. The van der Waals surface area contributed by atoms with E-state index < -0.39 is 5.97 Å². The largest absolute Gasteiger partial charge is 0.473 e. The first-order valence-corrected chi connectivity index (χ1v) is 4.62. The van der Waals surface area contributed by atoms with E-state index in [0.29, 0.717) is 5.01 Å². The first-order chi connectivity index (χ1) is 5.57. The van der Waals surface area contributed by atoms with Crippen LogP contribution in [0.2, 0.25) is 0 Å². The fourth-order valence-electron chi connectivity index (χ4n) is 1.16. The average molecular weight is 186 g/mol. The first-order valence-electron chi connectivity index (χ1n) is 3.81. The molecule has 1 N–H and O–H groups in total. The van der Waals surface area contributed by atoms with Crippen LogP contribution in [-0.2, 0) is 6.54 Å². The van der Waals surface area contributed by atoms with Gasteiger partial charge in [0.25, 0.3) is 0 Å². The maximum absolute atomic E-state index is 10.7. The summed E-state index contributed by atoms with van der Waals surface area (Å²) in [6, 6.07) is 0. The highest BCUT2D eigenvalue weighted by Gasteiger charge is 2.24. The zero-order valence-electron chi connectivity index (χ0n) is 7.42. The molecule has 0 fully saturated rings. The number of aromatic nitrogens is 1. The van der Waals surface area contributed by atoms with Gasteiger partial charge >= 0.3 is 11.0 Å². The molecule has 0 amide bonds. The van der Waals surface area contributed by atoms with Crippen LogP contribution in [0.15, 0.2) is 0 Å². The van der Waals surface area contributed by atoms with Crippen LogP contribution in [0.5, 0.6) is 0 Å². The molecular weight excluding hydrogens is 174 g/mol. The minimum atomic E-state index is -0.835. The van der Waals surface area contributed by atoms with Gasteiger partial charge in [0.15, 0.2) is 5.69 Å². The molecule has 4 heteroatoms. The Kier molecular flexibility index (Phi) is 2.47. The second-order valence-corrected chi connectivity index (χ2v) is 3.80. The molecule has 3 nitrogen and oxygen atoms in total. The molecule has 1 rings (SSSR count). The van der Waals surface area contributed by atoms with Crippen LogP contribution in [0.3, 0.4) is 0 Å². The fourth-order valence-corrected chi connectivity index (χ4v) is 2.17. The Morgan fingerprint density at radius 1 is 1.58 bits per heavy atom. The topological polar surface area (TPSA) is 41.2 Å². The van der Waals surface area contributed by atoms with E-state index in [2.05, 4.69) is 0 Å². The minimum Gasteiger partial charge on any atom is -0.473 e. The molecule has 1 heterocycles. The van der Waals surface area contributed by atoms with Crippen molar-refractivity contribution < 1.29 is 14.5 Å². The molecule has 0 saturated carbocycles.